The number of aryl methyl sites for hydroxylation is 2. The van der Waals surface area contributed by atoms with Crippen molar-refractivity contribution in [2.24, 2.45) is 0 Å². The molecule has 4 aromatic rings. The van der Waals surface area contributed by atoms with Gasteiger partial charge in [0.15, 0.2) is 0 Å². The van der Waals surface area contributed by atoms with Crippen molar-refractivity contribution in [3.63, 3.8) is 0 Å². The summed E-state index contributed by atoms with van der Waals surface area (Å²) in [7, 11) is 0. The summed E-state index contributed by atoms with van der Waals surface area (Å²) in [6.45, 7) is 7.13. The maximum atomic E-state index is 13.5. The van der Waals surface area contributed by atoms with E-state index in [1.165, 1.54) is 0 Å². The Labute approximate surface area is 417 Å². The number of ether oxygens (including phenoxy) is 10. The SMILES string of the molecule is C=CC(=O)OCCCCOc1ccc(C(=O)OC2CCC(OC(=O)Oc3cccc4c3C3(CC4)CCc4cccc(OC(=O)OC5CCC(OC(=O)c6ccc(OCOC(=O)C=C)cc6)CC5)c43)CC2)cc1. The van der Waals surface area contributed by atoms with Gasteiger partial charge in [-0.05, 0) is 162 Å². The Bertz CT molecular complexity index is 2600. The Hall–Kier alpha value is -7.62. The minimum Gasteiger partial charge on any atom is -0.494 e. The highest BCUT2D eigenvalue weighted by atomic mass is 16.7. The molecular formula is C56H58O16. The van der Waals surface area contributed by atoms with Crippen LogP contribution in [0.3, 0.4) is 0 Å². The van der Waals surface area contributed by atoms with E-state index >= 15 is 0 Å². The van der Waals surface area contributed by atoms with Crippen LogP contribution in [0.5, 0.6) is 23.0 Å². The zero-order valence-corrected chi connectivity index (χ0v) is 40.0. The molecule has 72 heavy (non-hydrogen) atoms. The third kappa shape index (κ3) is 12.8. The summed E-state index contributed by atoms with van der Waals surface area (Å²) in [5.74, 6) is -0.177. The number of benzene rings is 4. The molecule has 16 nitrogen and oxygen atoms in total. The molecule has 1 unspecified atom stereocenters. The zero-order chi connectivity index (χ0) is 50.5. The van der Waals surface area contributed by atoms with E-state index in [2.05, 4.69) is 13.2 Å². The van der Waals surface area contributed by atoms with Crippen LogP contribution < -0.4 is 18.9 Å². The number of rotatable bonds is 19. The number of unbranched alkanes of at least 4 members (excludes halogenated alkanes) is 1. The van der Waals surface area contributed by atoms with Gasteiger partial charge in [0.1, 0.15) is 47.4 Å². The molecule has 0 heterocycles. The predicted octanol–water partition coefficient (Wildman–Crippen LogP) is 10.2. The molecule has 0 aromatic heterocycles. The van der Waals surface area contributed by atoms with Crippen LogP contribution in [0.15, 0.2) is 110 Å². The average molecular weight is 987 g/mol. The standard InChI is InChI=1S/C56H58O16/c1-3-48(57)64-34-6-5-33-63-40-17-13-38(14-18-40)52(59)67-42-21-25-44(26-22-42)69-54(61)71-46-11-7-9-36-29-31-56(50(36)46)32-30-37-10-8-12-47(51(37)56)72-55(62)70-45-27-23-43(24-28-45)68-53(60)39-15-19-41(20-16-39)65-35-66-49(58)4-2/h3-4,7-20,42-45H,1-2,5-6,21-35H2. The maximum absolute atomic E-state index is 13.5. The largest absolute Gasteiger partial charge is 0.514 e. The fourth-order valence-corrected chi connectivity index (χ4v) is 9.96. The molecule has 0 N–H and O–H groups in total. The fraction of sp³-hybridized carbons (Fsp3) is 0.393. The normalized spacial score (nSPS) is 20.6. The van der Waals surface area contributed by atoms with E-state index in [4.69, 9.17) is 47.4 Å². The maximum Gasteiger partial charge on any atom is 0.514 e. The van der Waals surface area contributed by atoms with Crippen molar-refractivity contribution in [1.82, 2.24) is 0 Å². The van der Waals surface area contributed by atoms with Crippen LogP contribution in [0.4, 0.5) is 9.59 Å². The van der Waals surface area contributed by atoms with Crippen molar-refractivity contribution in [2.75, 3.05) is 20.0 Å². The van der Waals surface area contributed by atoms with Crippen LogP contribution in [0.2, 0.25) is 0 Å². The summed E-state index contributed by atoms with van der Waals surface area (Å²) in [5.41, 5.74) is 4.01. The molecule has 16 heteroatoms. The van der Waals surface area contributed by atoms with Gasteiger partial charge in [-0.2, -0.15) is 0 Å². The van der Waals surface area contributed by atoms with Gasteiger partial charge in [-0.1, -0.05) is 37.4 Å². The topological polar surface area (TPSA) is 195 Å². The number of esters is 4. The van der Waals surface area contributed by atoms with Gasteiger partial charge < -0.3 is 47.4 Å². The lowest BCUT2D eigenvalue weighted by molar-refractivity contribution is -0.144. The number of hydrogen-bond donors (Lipinski definition) is 0. The van der Waals surface area contributed by atoms with E-state index in [0.717, 1.165) is 60.1 Å². The first-order valence-electron chi connectivity index (χ1n) is 24.5. The van der Waals surface area contributed by atoms with Gasteiger partial charge in [0.25, 0.3) is 0 Å². The third-order valence-corrected chi connectivity index (χ3v) is 13.5. The summed E-state index contributed by atoms with van der Waals surface area (Å²) in [5, 5.41) is 0. The van der Waals surface area contributed by atoms with Gasteiger partial charge in [-0.15, -0.1) is 0 Å². The van der Waals surface area contributed by atoms with E-state index in [9.17, 15) is 28.8 Å². The van der Waals surface area contributed by atoms with Crippen molar-refractivity contribution in [3.05, 3.63) is 144 Å². The molecule has 2 saturated carbocycles. The van der Waals surface area contributed by atoms with Crippen LogP contribution >= 0.6 is 0 Å². The molecule has 0 bridgehead atoms. The lowest BCUT2D eigenvalue weighted by Gasteiger charge is -2.30. The van der Waals surface area contributed by atoms with Gasteiger partial charge in [0.05, 0.1) is 24.3 Å². The van der Waals surface area contributed by atoms with Gasteiger partial charge in [0.2, 0.25) is 6.79 Å². The Kier molecular flexibility index (Phi) is 16.9. The second-order valence-corrected chi connectivity index (χ2v) is 18.1. The summed E-state index contributed by atoms with van der Waals surface area (Å²) in [6.07, 6.45) is 7.26. The van der Waals surface area contributed by atoms with Gasteiger partial charge >= 0.3 is 36.2 Å². The van der Waals surface area contributed by atoms with E-state index in [1.54, 1.807) is 60.7 Å². The van der Waals surface area contributed by atoms with E-state index in [1.807, 2.05) is 24.3 Å². The average Bonchev–Trinajstić information content (AvgIpc) is 3.97. The highest BCUT2D eigenvalue weighted by Crippen LogP contribution is 2.57. The number of fused-ring (bicyclic) bond motifs is 4. The number of carbonyl (C=O) groups excluding carboxylic acids is 6. The predicted molar refractivity (Wildman–Crippen MR) is 258 cm³/mol. The molecule has 0 aliphatic heterocycles. The third-order valence-electron chi connectivity index (χ3n) is 13.5. The molecule has 1 spiro atoms. The Morgan fingerprint density at radius 2 is 0.917 bits per heavy atom. The minimum atomic E-state index is -0.821. The molecule has 8 rings (SSSR count). The quantitative estimate of drug-likeness (QED) is 0.0215. The van der Waals surface area contributed by atoms with Crippen molar-refractivity contribution in [2.45, 2.75) is 120 Å². The van der Waals surface area contributed by atoms with Gasteiger partial charge in [0, 0.05) is 28.7 Å². The van der Waals surface area contributed by atoms with Crippen LogP contribution in [-0.2, 0) is 56.3 Å². The summed E-state index contributed by atoms with van der Waals surface area (Å²) >= 11 is 0. The van der Waals surface area contributed by atoms with E-state index < -0.39 is 53.8 Å². The monoisotopic (exact) mass is 986 g/mol. The molecule has 0 radical (unpaired) electrons. The van der Waals surface area contributed by atoms with Gasteiger partial charge in [-0.3, -0.25) is 0 Å². The van der Waals surface area contributed by atoms with Crippen molar-refractivity contribution in [1.29, 1.82) is 0 Å². The lowest BCUT2D eigenvalue weighted by Crippen LogP contribution is -2.31. The minimum absolute atomic E-state index is 0.290. The summed E-state index contributed by atoms with van der Waals surface area (Å²) < 4.78 is 56.1. The molecule has 4 aliphatic carbocycles. The fourth-order valence-electron chi connectivity index (χ4n) is 9.96. The molecule has 0 saturated heterocycles. The molecule has 378 valence electrons. The Morgan fingerprint density at radius 1 is 0.500 bits per heavy atom. The molecule has 2 fully saturated rings. The smallest absolute Gasteiger partial charge is 0.494 e. The van der Waals surface area contributed by atoms with Crippen molar-refractivity contribution >= 4 is 36.2 Å². The van der Waals surface area contributed by atoms with Crippen molar-refractivity contribution < 1.29 is 76.1 Å². The first-order chi connectivity index (χ1) is 35.0. The number of hydrogen-bond acceptors (Lipinski definition) is 16. The Morgan fingerprint density at radius 3 is 1.38 bits per heavy atom. The van der Waals surface area contributed by atoms with Crippen LogP contribution in [0.1, 0.15) is 120 Å². The number of carbonyl (C=O) groups is 6. The van der Waals surface area contributed by atoms with Crippen molar-refractivity contribution in [3.8, 4) is 23.0 Å². The highest BCUT2D eigenvalue weighted by molar-refractivity contribution is 5.90. The second kappa shape index (κ2) is 24.0. The first-order valence-corrected chi connectivity index (χ1v) is 24.5. The lowest BCUT2D eigenvalue weighted by atomic mass is 9.76. The van der Waals surface area contributed by atoms with Crippen LogP contribution in [-0.4, -0.2) is 80.6 Å². The van der Waals surface area contributed by atoms with Crippen LogP contribution in [0.25, 0.3) is 0 Å². The van der Waals surface area contributed by atoms with E-state index in [-0.39, 0.29) is 19.0 Å². The molecule has 4 aromatic carbocycles. The highest BCUT2D eigenvalue weighted by Gasteiger charge is 2.49. The summed E-state index contributed by atoms with van der Waals surface area (Å²) in [6, 6.07) is 24.3. The second-order valence-electron chi connectivity index (χ2n) is 18.1. The summed E-state index contributed by atoms with van der Waals surface area (Å²) in [4.78, 5) is 75.1. The molecule has 4 aliphatic rings. The molecular weight excluding hydrogens is 929 g/mol. The molecule has 1 atom stereocenters. The van der Waals surface area contributed by atoms with Crippen LogP contribution in [0, 0.1) is 0 Å². The Balaban J connectivity index is 0.791. The van der Waals surface area contributed by atoms with Gasteiger partial charge in [-0.25, -0.2) is 28.8 Å². The first kappa shape index (κ1) is 50.8. The van der Waals surface area contributed by atoms with E-state index in [0.29, 0.717) is 112 Å². The zero-order valence-electron chi connectivity index (χ0n) is 40.0. The molecule has 0 amide bonds.